The van der Waals surface area contributed by atoms with E-state index in [1.165, 1.54) is 33.3 Å². The normalized spacial score (nSPS) is 13.2. The zero-order valence-electron chi connectivity index (χ0n) is 14.6. The molecule has 110 valence electrons. The van der Waals surface area contributed by atoms with Gasteiger partial charge in [0.1, 0.15) is 0 Å². The molecular weight excluding hydrogens is 242 g/mol. The van der Waals surface area contributed by atoms with E-state index in [1.807, 2.05) is 0 Å². The van der Waals surface area contributed by atoms with Crippen LogP contribution in [0.4, 0.5) is 0 Å². The molecule has 0 saturated carbocycles. The van der Waals surface area contributed by atoms with Crippen LogP contribution in [-0.2, 0) is 17.9 Å². The highest BCUT2D eigenvalue weighted by molar-refractivity contribution is 5.89. The number of nitrogens with zero attached hydrogens (tertiary/aromatic N) is 1. The highest BCUT2D eigenvalue weighted by Gasteiger charge is 2.25. The molecule has 0 unspecified atom stereocenters. The van der Waals surface area contributed by atoms with Gasteiger partial charge < -0.3 is 4.57 Å². The molecular formula is C19H29N. The molecule has 0 fully saturated rings. The molecule has 0 radical (unpaired) electrons. The van der Waals surface area contributed by atoms with Crippen molar-refractivity contribution < 1.29 is 0 Å². The van der Waals surface area contributed by atoms with Gasteiger partial charge in [-0.05, 0) is 42.0 Å². The van der Waals surface area contributed by atoms with E-state index in [9.17, 15) is 0 Å². The Morgan fingerprint density at radius 2 is 1.40 bits per heavy atom. The molecule has 1 heteroatoms. The highest BCUT2D eigenvalue weighted by atomic mass is 15.0. The zero-order valence-corrected chi connectivity index (χ0v) is 14.6. The third-order valence-electron chi connectivity index (χ3n) is 4.31. The number of benzene rings is 1. The topological polar surface area (TPSA) is 4.93 Å². The van der Waals surface area contributed by atoms with Crippen LogP contribution in [-0.4, -0.2) is 4.57 Å². The molecule has 20 heavy (non-hydrogen) atoms. The Bertz CT molecular complexity index is 658. The molecule has 0 aliphatic carbocycles. The third-order valence-corrected chi connectivity index (χ3v) is 4.31. The van der Waals surface area contributed by atoms with E-state index >= 15 is 0 Å². The molecule has 2 rings (SSSR count). The van der Waals surface area contributed by atoms with E-state index in [2.05, 4.69) is 79.1 Å². The van der Waals surface area contributed by atoms with E-state index in [4.69, 9.17) is 0 Å². The van der Waals surface area contributed by atoms with Gasteiger partial charge in [-0.15, -0.1) is 0 Å². The fourth-order valence-corrected chi connectivity index (χ4v) is 3.50. The van der Waals surface area contributed by atoms with Crippen molar-refractivity contribution in [1.82, 2.24) is 4.57 Å². The lowest BCUT2D eigenvalue weighted by Crippen LogP contribution is -2.17. The Labute approximate surface area is 124 Å². The Balaban J connectivity index is 2.90. The quantitative estimate of drug-likeness (QED) is 0.605. The van der Waals surface area contributed by atoms with Crippen LogP contribution in [0.2, 0.25) is 0 Å². The number of aryl methyl sites for hydroxylation is 3. The smallest absolute Gasteiger partial charge is 0.0512 e. The number of aromatic nitrogens is 1. The van der Waals surface area contributed by atoms with Gasteiger partial charge in [-0.1, -0.05) is 47.6 Å². The number of fused-ring (bicyclic) bond motifs is 1. The van der Waals surface area contributed by atoms with Gasteiger partial charge in [-0.25, -0.2) is 0 Å². The summed E-state index contributed by atoms with van der Waals surface area (Å²) in [7, 11) is 2.21. The molecule has 0 saturated heterocycles. The third kappa shape index (κ3) is 2.28. The molecule has 0 spiro atoms. The summed E-state index contributed by atoms with van der Waals surface area (Å²) in [6.45, 7) is 18.3. The minimum atomic E-state index is 0.173. The van der Waals surface area contributed by atoms with Gasteiger partial charge in [0.15, 0.2) is 0 Å². The lowest BCUT2D eigenvalue weighted by molar-refractivity contribution is 0.543. The molecule has 1 aromatic carbocycles. The summed E-state index contributed by atoms with van der Waals surface area (Å²) in [4.78, 5) is 0. The van der Waals surface area contributed by atoms with E-state index < -0.39 is 0 Å². The van der Waals surface area contributed by atoms with Crippen molar-refractivity contribution >= 4 is 10.9 Å². The predicted molar refractivity (Wildman–Crippen MR) is 89.8 cm³/mol. The summed E-state index contributed by atoms with van der Waals surface area (Å²) >= 11 is 0. The van der Waals surface area contributed by atoms with Gasteiger partial charge in [0.2, 0.25) is 0 Å². The van der Waals surface area contributed by atoms with Crippen LogP contribution >= 0.6 is 0 Å². The van der Waals surface area contributed by atoms with Crippen LogP contribution < -0.4 is 0 Å². The second kappa shape index (κ2) is 4.38. The molecule has 1 nitrogen and oxygen atoms in total. The summed E-state index contributed by atoms with van der Waals surface area (Å²) in [5.74, 6) is 0. The minimum absolute atomic E-state index is 0.173. The van der Waals surface area contributed by atoms with Crippen LogP contribution in [0.15, 0.2) is 12.1 Å². The Kier molecular flexibility index (Phi) is 3.32. The zero-order chi connectivity index (χ0) is 15.5. The Morgan fingerprint density at radius 1 is 0.850 bits per heavy atom. The molecule has 1 aromatic heterocycles. The maximum atomic E-state index is 2.40. The van der Waals surface area contributed by atoms with Crippen LogP contribution in [0, 0.1) is 13.8 Å². The van der Waals surface area contributed by atoms with E-state index in [1.54, 1.807) is 0 Å². The molecule has 0 N–H and O–H groups in total. The summed E-state index contributed by atoms with van der Waals surface area (Å²) in [6, 6.07) is 4.75. The van der Waals surface area contributed by atoms with Crippen LogP contribution in [0.1, 0.15) is 63.9 Å². The number of rotatable bonds is 0. The first kappa shape index (κ1) is 15.2. The SMILES string of the molecule is Cc1c(C(C)(C)C)n(C)c2c(C)cc(C(C)(C)C)cc12. The van der Waals surface area contributed by atoms with Crippen molar-refractivity contribution in [3.8, 4) is 0 Å². The maximum Gasteiger partial charge on any atom is 0.0512 e. The van der Waals surface area contributed by atoms with Gasteiger partial charge in [0.25, 0.3) is 0 Å². The molecule has 0 amide bonds. The molecule has 0 aliphatic rings. The predicted octanol–water partition coefficient (Wildman–Crippen LogP) is 5.39. The van der Waals surface area contributed by atoms with Gasteiger partial charge in [-0.2, -0.15) is 0 Å². The van der Waals surface area contributed by atoms with Crippen molar-refractivity contribution in [1.29, 1.82) is 0 Å². The van der Waals surface area contributed by atoms with Crippen molar-refractivity contribution in [2.24, 2.45) is 7.05 Å². The number of hydrogen-bond donors (Lipinski definition) is 0. The average Bonchev–Trinajstić information content (AvgIpc) is 2.49. The first-order chi connectivity index (χ1) is 8.94. The largest absolute Gasteiger partial charge is 0.347 e. The summed E-state index contributed by atoms with van der Waals surface area (Å²) in [5, 5.41) is 1.42. The van der Waals surface area contributed by atoms with E-state index in [0.717, 1.165) is 0 Å². The van der Waals surface area contributed by atoms with Gasteiger partial charge in [0.05, 0.1) is 5.52 Å². The minimum Gasteiger partial charge on any atom is -0.347 e. The van der Waals surface area contributed by atoms with Gasteiger partial charge >= 0.3 is 0 Å². The van der Waals surface area contributed by atoms with E-state index in [0.29, 0.717) is 0 Å². The van der Waals surface area contributed by atoms with Crippen LogP contribution in [0.5, 0.6) is 0 Å². The fraction of sp³-hybridized carbons (Fsp3) is 0.579. The second-order valence-corrected chi connectivity index (χ2v) is 8.22. The lowest BCUT2D eigenvalue weighted by Gasteiger charge is -2.21. The average molecular weight is 271 g/mol. The molecule has 2 aromatic rings. The first-order valence-corrected chi connectivity index (χ1v) is 7.55. The van der Waals surface area contributed by atoms with Crippen LogP contribution in [0.25, 0.3) is 10.9 Å². The summed E-state index contributed by atoms with van der Waals surface area (Å²) < 4.78 is 2.40. The fourth-order valence-electron chi connectivity index (χ4n) is 3.50. The van der Waals surface area contributed by atoms with Crippen molar-refractivity contribution in [3.05, 3.63) is 34.5 Å². The van der Waals surface area contributed by atoms with Crippen molar-refractivity contribution in [2.45, 2.75) is 66.2 Å². The monoisotopic (exact) mass is 271 g/mol. The van der Waals surface area contributed by atoms with Crippen LogP contribution in [0.3, 0.4) is 0 Å². The standard InChI is InChI=1S/C19H29N/c1-12-10-14(18(3,4)5)11-15-13(2)17(19(6,7)8)20(9)16(12)15/h10-11H,1-9H3. The maximum absolute atomic E-state index is 2.40. The van der Waals surface area contributed by atoms with Crippen molar-refractivity contribution in [3.63, 3.8) is 0 Å². The highest BCUT2D eigenvalue weighted by Crippen LogP contribution is 2.37. The molecule has 1 heterocycles. The first-order valence-electron chi connectivity index (χ1n) is 7.55. The van der Waals surface area contributed by atoms with Crippen molar-refractivity contribution in [2.75, 3.05) is 0 Å². The van der Waals surface area contributed by atoms with E-state index in [-0.39, 0.29) is 10.8 Å². The second-order valence-electron chi connectivity index (χ2n) is 8.22. The van der Waals surface area contributed by atoms with Gasteiger partial charge in [-0.3, -0.25) is 0 Å². The molecule has 0 aliphatic heterocycles. The number of hydrogen-bond acceptors (Lipinski definition) is 0. The summed E-state index contributed by atoms with van der Waals surface area (Å²) in [5.41, 5.74) is 7.45. The lowest BCUT2D eigenvalue weighted by atomic mass is 9.84. The molecule has 0 bridgehead atoms. The Hall–Kier alpha value is -1.24. The van der Waals surface area contributed by atoms with Gasteiger partial charge in [0, 0.05) is 23.5 Å². The molecule has 0 atom stereocenters. The summed E-state index contributed by atoms with van der Waals surface area (Å²) in [6.07, 6.45) is 0. The Morgan fingerprint density at radius 3 is 1.85 bits per heavy atom.